The number of esters is 1. The summed E-state index contributed by atoms with van der Waals surface area (Å²) < 4.78 is 32.4. The first-order valence-electron chi connectivity index (χ1n) is 10.1. The lowest BCUT2D eigenvalue weighted by Gasteiger charge is -2.31. The van der Waals surface area contributed by atoms with E-state index >= 15 is 0 Å². The van der Waals surface area contributed by atoms with Crippen LogP contribution in [-0.2, 0) is 14.8 Å². The third-order valence-corrected chi connectivity index (χ3v) is 7.10. The van der Waals surface area contributed by atoms with Crippen molar-refractivity contribution in [3.8, 4) is 0 Å². The Bertz CT molecular complexity index is 1060. The highest BCUT2D eigenvalue weighted by atomic mass is 32.2. The van der Waals surface area contributed by atoms with E-state index in [0.717, 1.165) is 0 Å². The van der Waals surface area contributed by atoms with Crippen molar-refractivity contribution in [1.82, 2.24) is 9.21 Å². The number of sulfonamides is 1. The SMILES string of the molecule is CCOC(=O)c1ccc(NC(=O)c2cc(S(=O)(=O)N3CCN(C)CC3)ccc2C)cc1. The van der Waals surface area contributed by atoms with Crippen molar-refractivity contribution in [3.63, 3.8) is 0 Å². The number of carbonyl (C=O) groups excluding carboxylic acids is 2. The number of rotatable bonds is 6. The number of amides is 1. The van der Waals surface area contributed by atoms with Crippen LogP contribution in [0.2, 0.25) is 0 Å². The second-order valence-corrected chi connectivity index (χ2v) is 9.37. The quantitative estimate of drug-likeness (QED) is 0.686. The van der Waals surface area contributed by atoms with E-state index in [1.54, 1.807) is 44.2 Å². The summed E-state index contributed by atoms with van der Waals surface area (Å²) in [7, 11) is -1.72. The first-order valence-corrected chi connectivity index (χ1v) is 11.5. The van der Waals surface area contributed by atoms with E-state index in [0.29, 0.717) is 43.0 Å². The second kappa shape index (κ2) is 9.59. The Morgan fingerprint density at radius 3 is 2.29 bits per heavy atom. The van der Waals surface area contributed by atoms with Gasteiger partial charge in [0.1, 0.15) is 0 Å². The lowest BCUT2D eigenvalue weighted by molar-refractivity contribution is 0.0526. The van der Waals surface area contributed by atoms with Gasteiger partial charge in [-0.3, -0.25) is 4.79 Å². The Balaban J connectivity index is 1.78. The molecule has 0 aliphatic carbocycles. The van der Waals surface area contributed by atoms with Gasteiger partial charge in [-0.05, 0) is 62.9 Å². The van der Waals surface area contributed by atoms with Crippen LogP contribution in [0.25, 0.3) is 0 Å². The van der Waals surface area contributed by atoms with Crippen molar-refractivity contribution >= 4 is 27.6 Å². The number of ether oxygens (including phenoxy) is 1. The number of nitrogens with one attached hydrogen (secondary N) is 1. The lowest BCUT2D eigenvalue weighted by Crippen LogP contribution is -2.47. The summed E-state index contributed by atoms with van der Waals surface area (Å²) in [6, 6.07) is 10.9. The molecule has 0 radical (unpaired) electrons. The summed E-state index contributed by atoms with van der Waals surface area (Å²) in [5.41, 5.74) is 1.82. The fraction of sp³-hybridized carbons (Fsp3) is 0.364. The van der Waals surface area contributed by atoms with E-state index in [2.05, 4.69) is 10.2 Å². The predicted octanol–water partition coefficient (Wildman–Crippen LogP) is 2.36. The number of likely N-dealkylation sites (N-methyl/N-ethyl adjacent to an activating group) is 1. The molecular formula is C22H27N3O5S. The molecule has 166 valence electrons. The molecule has 2 aromatic rings. The van der Waals surface area contributed by atoms with Crippen molar-refractivity contribution in [2.45, 2.75) is 18.7 Å². The molecule has 8 nitrogen and oxygen atoms in total. The Hall–Kier alpha value is -2.75. The molecule has 0 atom stereocenters. The Labute approximate surface area is 182 Å². The normalized spacial score (nSPS) is 15.5. The van der Waals surface area contributed by atoms with Crippen LogP contribution in [-0.4, -0.2) is 69.3 Å². The van der Waals surface area contributed by atoms with Crippen molar-refractivity contribution < 1.29 is 22.7 Å². The van der Waals surface area contributed by atoms with Gasteiger partial charge >= 0.3 is 5.97 Å². The molecule has 1 fully saturated rings. The molecule has 0 spiro atoms. The van der Waals surface area contributed by atoms with Gasteiger partial charge in [0.15, 0.2) is 0 Å². The highest BCUT2D eigenvalue weighted by molar-refractivity contribution is 7.89. The number of benzene rings is 2. The van der Waals surface area contributed by atoms with E-state index < -0.39 is 21.9 Å². The van der Waals surface area contributed by atoms with Gasteiger partial charge in [-0.2, -0.15) is 4.31 Å². The van der Waals surface area contributed by atoms with Crippen molar-refractivity contribution in [3.05, 3.63) is 59.2 Å². The molecule has 1 N–H and O–H groups in total. The standard InChI is InChI=1S/C22H27N3O5S/c1-4-30-22(27)17-6-8-18(9-7-17)23-21(26)20-15-19(10-5-16(20)2)31(28,29)25-13-11-24(3)12-14-25/h5-10,15H,4,11-14H2,1-3H3,(H,23,26). The van der Waals surface area contributed by atoms with Crippen LogP contribution in [0.15, 0.2) is 47.4 Å². The van der Waals surface area contributed by atoms with Crippen molar-refractivity contribution in [2.75, 3.05) is 45.2 Å². The third-order valence-electron chi connectivity index (χ3n) is 5.21. The van der Waals surface area contributed by atoms with Gasteiger partial charge in [0, 0.05) is 37.4 Å². The van der Waals surface area contributed by atoms with Crippen LogP contribution < -0.4 is 5.32 Å². The molecule has 1 saturated heterocycles. The van der Waals surface area contributed by atoms with Crippen LogP contribution in [0.4, 0.5) is 5.69 Å². The van der Waals surface area contributed by atoms with E-state index in [4.69, 9.17) is 4.74 Å². The van der Waals surface area contributed by atoms with Gasteiger partial charge in [-0.1, -0.05) is 6.07 Å². The monoisotopic (exact) mass is 445 g/mol. The zero-order valence-corrected chi connectivity index (χ0v) is 18.7. The first-order chi connectivity index (χ1) is 14.7. The molecule has 0 aromatic heterocycles. The van der Waals surface area contributed by atoms with E-state index in [1.807, 2.05) is 7.05 Å². The minimum absolute atomic E-state index is 0.102. The summed E-state index contributed by atoms with van der Waals surface area (Å²) in [6.45, 7) is 5.93. The van der Waals surface area contributed by atoms with E-state index in [9.17, 15) is 18.0 Å². The zero-order valence-electron chi connectivity index (χ0n) is 17.9. The fourth-order valence-corrected chi connectivity index (χ4v) is 4.74. The predicted molar refractivity (Wildman–Crippen MR) is 118 cm³/mol. The van der Waals surface area contributed by atoms with Gasteiger partial charge in [0.25, 0.3) is 5.91 Å². The van der Waals surface area contributed by atoms with Crippen molar-refractivity contribution in [2.24, 2.45) is 0 Å². The average Bonchev–Trinajstić information content (AvgIpc) is 2.75. The maximum atomic E-state index is 13.0. The molecule has 0 unspecified atom stereocenters. The average molecular weight is 446 g/mol. The zero-order chi connectivity index (χ0) is 22.6. The van der Waals surface area contributed by atoms with Crippen molar-refractivity contribution in [1.29, 1.82) is 0 Å². The Morgan fingerprint density at radius 1 is 1.03 bits per heavy atom. The number of anilines is 1. The maximum absolute atomic E-state index is 13.0. The third kappa shape index (κ3) is 5.30. The minimum Gasteiger partial charge on any atom is -0.462 e. The van der Waals surface area contributed by atoms with Crippen LogP contribution in [0, 0.1) is 6.92 Å². The summed E-state index contributed by atoms with van der Waals surface area (Å²) >= 11 is 0. The van der Waals surface area contributed by atoms with E-state index in [-0.39, 0.29) is 17.1 Å². The Kier molecular flexibility index (Phi) is 7.09. The lowest BCUT2D eigenvalue weighted by atomic mass is 10.1. The largest absolute Gasteiger partial charge is 0.462 e. The number of hydrogen-bond acceptors (Lipinski definition) is 6. The van der Waals surface area contributed by atoms with Crippen LogP contribution in [0.5, 0.6) is 0 Å². The fourth-order valence-electron chi connectivity index (χ4n) is 3.29. The molecule has 0 bridgehead atoms. The molecule has 1 aliphatic rings. The summed E-state index contributed by atoms with van der Waals surface area (Å²) in [4.78, 5) is 26.8. The molecule has 1 heterocycles. The highest BCUT2D eigenvalue weighted by Crippen LogP contribution is 2.22. The first kappa shape index (κ1) is 22.9. The van der Waals surface area contributed by atoms with Crippen LogP contribution in [0.3, 0.4) is 0 Å². The highest BCUT2D eigenvalue weighted by Gasteiger charge is 2.28. The summed E-state index contributed by atoms with van der Waals surface area (Å²) in [6.07, 6.45) is 0. The molecule has 1 amide bonds. The topological polar surface area (TPSA) is 96.0 Å². The smallest absolute Gasteiger partial charge is 0.338 e. The molecule has 31 heavy (non-hydrogen) atoms. The number of piperazine rings is 1. The van der Waals surface area contributed by atoms with Gasteiger partial charge in [0.05, 0.1) is 17.1 Å². The van der Waals surface area contributed by atoms with Crippen LogP contribution in [0.1, 0.15) is 33.2 Å². The summed E-state index contributed by atoms with van der Waals surface area (Å²) in [5.74, 6) is -0.852. The number of nitrogens with zero attached hydrogens (tertiary/aromatic N) is 2. The number of aryl methyl sites for hydroxylation is 1. The molecule has 2 aromatic carbocycles. The summed E-state index contributed by atoms with van der Waals surface area (Å²) in [5, 5.41) is 2.76. The van der Waals surface area contributed by atoms with E-state index in [1.165, 1.54) is 16.4 Å². The van der Waals surface area contributed by atoms with Gasteiger partial charge in [-0.15, -0.1) is 0 Å². The Morgan fingerprint density at radius 2 is 1.68 bits per heavy atom. The van der Waals surface area contributed by atoms with Gasteiger partial charge in [0.2, 0.25) is 10.0 Å². The minimum atomic E-state index is -3.68. The molecule has 3 rings (SSSR count). The maximum Gasteiger partial charge on any atom is 0.338 e. The molecule has 0 saturated carbocycles. The van der Waals surface area contributed by atoms with Gasteiger partial charge in [-0.25, -0.2) is 13.2 Å². The van der Waals surface area contributed by atoms with Gasteiger partial charge < -0.3 is 15.0 Å². The number of hydrogen-bond donors (Lipinski definition) is 1. The molecular weight excluding hydrogens is 418 g/mol. The van der Waals surface area contributed by atoms with Crippen LogP contribution >= 0.6 is 0 Å². The molecule has 9 heteroatoms. The second-order valence-electron chi connectivity index (χ2n) is 7.44. The molecule has 1 aliphatic heterocycles. The number of carbonyl (C=O) groups is 2.